The van der Waals surface area contributed by atoms with Crippen molar-refractivity contribution in [2.75, 3.05) is 0 Å². The maximum atomic E-state index is 5.24. The smallest absolute Gasteiger partial charge is 0.194 e. The minimum absolute atomic E-state index is 0.195. The largest absolute Gasteiger partial charge is 0.361 e. The molecule has 3 aromatic rings. The van der Waals surface area contributed by atoms with Gasteiger partial charge in [-0.1, -0.05) is 5.16 Å². The van der Waals surface area contributed by atoms with Gasteiger partial charge in [-0.3, -0.25) is 4.40 Å². The van der Waals surface area contributed by atoms with Crippen LogP contribution in [-0.4, -0.2) is 14.5 Å². The predicted octanol–water partition coefficient (Wildman–Crippen LogP) is 3.47. The topological polar surface area (TPSA) is 55.4 Å². The van der Waals surface area contributed by atoms with Crippen LogP contribution >= 0.6 is 11.3 Å². The zero-order valence-corrected chi connectivity index (χ0v) is 13.8. The molecule has 0 spiro atoms. The van der Waals surface area contributed by atoms with Crippen LogP contribution in [-0.2, 0) is 6.54 Å². The van der Waals surface area contributed by atoms with Crippen molar-refractivity contribution in [2.45, 2.75) is 47.2 Å². The van der Waals surface area contributed by atoms with Gasteiger partial charge in [0.1, 0.15) is 5.76 Å². The highest BCUT2D eigenvalue weighted by Gasteiger charge is 2.17. The molecule has 0 aliphatic heterocycles. The molecular formula is C15H20N4OS. The van der Waals surface area contributed by atoms with Crippen molar-refractivity contribution in [3.63, 3.8) is 0 Å². The normalized spacial score (nSPS) is 13.2. The molecule has 112 valence electrons. The van der Waals surface area contributed by atoms with Crippen LogP contribution in [0.25, 0.3) is 4.96 Å². The number of rotatable bonds is 4. The third kappa shape index (κ3) is 2.49. The van der Waals surface area contributed by atoms with Crippen molar-refractivity contribution in [2.24, 2.45) is 0 Å². The van der Waals surface area contributed by atoms with Crippen LogP contribution in [0.4, 0.5) is 0 Å². The number of nitrogens with zero attached hydrogens (tertiary/aromatic N) is 3. The van der Waals surface area contributed by atoms with Crippen molar-refractivity contribution in [3.05, 3.63) is 39.5 Å². The highest BCUT2D eigenvalue weighted by molar-refractivity contribution is 7.17. The first-order valence-electron chi connectivity index (χ1n) is 7.07. The van der Waals surface area contributed by atoms with Gasteiger partial charge in [-0.2, -0.15) is 0 Å². The maximum Gasteiger partial charge on any atom is 0.194 e. The Balaban J connectivity index is 1.81. The first-order valence-corrected chi connectivity index (χ1v) is 7.89. The van der Waals surface area contributed by atoms with E-state index >= 15 is 0 Å². The number of hydrogen-bond acceptors (Lipinski definition) is 5. The summed E-state index contributed by atoms with van der Waals surface area (Å²) in [6, 6.07) is 0.195. The molecule has 5 nitrogen and oxygen atoms in total. The number of aryl methyl sites for hydroxylation is 4. The summed E-state index contributed by atoms with van der Waals surface area (Å²) < 4.78 is 7.43. The van der Waals surface area contributed by atoms with Crippen molar-refractivity contribution in [3.8, 4) is 0 Å². The lowest BCUT2D eigenvalue weighted by Crippen LogP contribution is -2.20. The zero-order chi connectivity index (χ0) is 15.1. The molecular weight excluding hydrogens is 284 g/mol. The fourth-order valence-corrected chi connectivity index (χ4v) is 3.67. The number of hydrogen-bond donors (Lipinski definition) is 1. The van der Waals surface area contributed by atoms with Gasteiger partial charge in [0.2, 0.25) is 0 Å². The Morgan fingerprint density at radius 1 is 1.29 bits per heavy atom. The van der Waals surface area contributed by atoms with Crippen molar-refractivity contribution >= 4 is 16.3 Å². The van der Waals surface area contributed by atoms with Gasteiger partial charge >= 0.3 is 0 Å². The Morgan fingerprint density at radius 2 is 2.05 bits per heavy atom. The second-order valence-electron chi connectivity index (χ2n) is 5.48. The third-order valence-corrected chi connectivity index (χ3v) is 4.74. The summed E-state index contributed by atoms with van der Waals surface area (Å²) in [5.41, 5.74) is 4.40. The van der Waals surface area contributed by atoms with Gasteiger partial charge in [0, 0.05) is 29.2 Å². The Kier molecular flexibility index (Phi) is 3.59. The van der Waals surface area contributed by atoms with Gasteiger partial charge in [0.25, 0.3) is 0 Å². The molecule has 0 radical (unpaired) electrons. The van der Waals surface area contributed by atoms with E-state index in [-0.39, 0.29) is 6.04 Å². The van der Waals surface area contributed by atoms with Gasteiger partial charge in [-0.05, 0) is 34.6 Å². The van der Waals surface area contributed by atoms with Crippen LogP contribution in [0, 0.1) is 27.7 Å². The van der Waals surface area contributed by atoms with Crippen LogP contribution < -0.4 is 5.32 Å². The SMILES string of the molecule is Cc1cn2c(CNC(C)c3c(C)noc3C)c(C)nc2s1. The molecule has 21 heavy (non-hydrogen) atoms. The second kappa shape index (κ2) is 5.27. The van der Waals surface area contributed by atoms with Crippen molar-refractivity contribution in [1.29, 1.82) is 0 Å². The summed E-state index contributed by atoms with van der Waals surface area (Å²) in [4.78, 5) is 6.96. The molecule has 0 aliphatic carbocycles. The van der Waals surface area contributed by atoms with E-state index in [1.165, 1.54) is 10.6 Å². The first kappa shape index (κ1) is 14.3. The highest BCUT2D eigenvalue weighted by atomic mass is 32.1. The Hall–Kier alpha value is -1.66. The molecule has 0 saturated carbocycles. The van der Waals surface area contributed by atoms with E-state index in [9.17, 15) is 0 Å². The molecule has 1 N–H and O–H groups in total. The third-order valence-electron chi connectivity index (χ3n) is 3.84. The summed E-state index contributed by atoms with van der Waals surface area (Å²) >= 11 is 1.72. The lowest BCUT2D eigenvalue weighted by Gasteiger charge is -2.13. The van der Waals surface area contributed by atoms with Crippen LogP contribution in [0.5, 0.6) is 0 Å². The molecule has 0 aliphatic rings. The number of aromatic nitrogens is 3. The van der Waals surface area contributed by atoms with E-state index < -0.39 is 0 Å². The summed E-state index contributed by atoms with van der Waals surface area (Å²) in [5.74, 6) is 0.883. The lowest BCUT2D eigenvalue weighted by atomic mass is 10.1. The van der Waals surface area contributed by atoms with Crippen LogP contribution in [0.2, 0.25) is 0 Å². The van der Waals surface area contributed by atoms with Crippen LogP contribution in [0.15, 0.2) is 10.7 Å². The van der Waals surface area contributed by atoms with E-state index in [0.717, 1.165) is 34.2 Å². The molecule has 1 atom stereocenters. The molecule has 1 unspecified atom stereocenters. The van der Waals surface area contributed by atoms with E-state index in [4.69, 9.17) is 4.52 Å². The average Bonchev–Trinajstić information content (AvgIpc) is 3.01. The maximum absolute atomic E-state index is 5.24. The predicted molar refractivity (Wildman–Crippen MR) is 83.8 cm³/mol. The highest BCUT2D eigenvalue weighted by Crippen LogP contribution is 2.23. The molecule has 0 saturated heterocycles. The standard InChI is InChI=1S/C15H20N4OS/c1-8-7-19-13(9(2)17-15(19)21-8)6-16-10(3)14-11(4)18-20-12(14)5/h7,10,16H,6H2,1-5H3. The zero-order valence-electron chi connectivity index (χ0n) is 13.0. The molecule has 0 fully saturated rings. The van der Waals surface area contributed by atoms with Crippen LogP contribution in [0.3, 0.4) is 0 Å². The minimum atomic E-state index is 0.195. The monoisotopic (exact) mass is 304 g/mol. The molecule has 6 heteroatoms. The summed E-state index contributed by atoms with van der Waals surface area (Å²) in [5, 5.41) is 7.58. The molecule has 0 aromatic carbocycles. The van der Waals surface area contributed by atoms with Gasteiger partial charge in [-0.15, -0.1) is 11.3 Å². The van der Waals surface area contributed by atoms with Gasteiger partial charge < -0.3 is 9.84 Å². The van der Waals surface area contributed by atoms with E-state index in [1.807, 2.05) is 13.8 Å². The number of nitrogens with one attached hydrogen (secondary N) is 1. The van der Waals surface area contributed by atoms with Crippen LogP contribution in [0.1, 0.15) is 46.2 Å². The van der Waals surface area contributed by atoms with E-state index in [0.29, 0.717) is 0 Å². The molecule has 0 amide bonds. The fraction of sp³-hybridized carbons (Fsp3) is 0.467. The summed E-state index contributed by atoms with van der Waals surface area (Å²) in [7, 11) is 0. The Labute approximate surface area is 128 Å². The molecule has 0 bridgehead atoms. The second-order valence-corrected chi connectivity index (χ2v) is 6.69. The average molecular weight is 304 g/mol. The van der Waals surface area contributed by atoms with Gasteiger partial charge in [0.05, 0.1) is 17.1 Å². The Morgan fingerprint density at radius 3 is 2.71 bits per heavy atom. The molecule has 3 rings (SSSR count). The summed E-state index contributed by atoms with van der Waals surface area (Å²) in [6.07, 6.45) is 2.15. The van der Waals surface area contributed by atoms with E-state index in [1.54, 1.807) is 11.3 Å². The van der Waals surface area contributed by atoms with Crippen molar-refractivity contribution in [1.82, 2.24) is 19.9 Å². The van der Waals surface area contributed by atoms with Gasteiger partial charge in [0.15, 0.2) is 4.96 Å². The molecule has 3 heterocycles. The number of thiazole rings is 1. The lowest BCUT2D eigenvalue weighted by molar-refractivity contribution is 0.390. The number of fused-ring (bicyclic) bond motifs is 1. The quantitative estimate of drug-likeness (QED) is 0.802. The summed E-state index contributed by atoms with van der Waals surface area (Å²) in [6.45, 7) is 11.0. The molecule has 3 aromatic heterocycles. The van der Waals surface area contributed by atoms with E-state index in [2.05, 4.69) is 46.8 Å². The van der Waals surface area contributed by atoms with Gasteiger partial charge in [-0.25, -0.2) is 4.98 Å². The van der Waals surface area contributed by atoms with Crippen molar-refractivity contribution < 1.29 is 4.52 Å². The number of imidazole rings is 1. The fourth-order valence-electron chi connectivity index (χ4n) is 2.78. The Bertz CT molecular complexity index is 764. The minimum Gasteiger partial charge on any atom is -0.361 e. The first-order chi connectivity index (χ1) is 9.97.